The van der Waals surface area contributed by atoms with Crippen molar-refractivity contribution in [1.82, 2.24) is 15.1 Å². The SMILES string of the molecule is Cc1ccc(-c2noc(-c3ccc(Br)c(O)c3)n2)cn1. The Hall–Kier alpha value is -2.21. The summed E-state index contributed by atoms with van der Waals surface area (Å²) in [4.78, 5) is 8.50. The molecule has 0 aliphatic heterocycles. The van der Waals surface area contributed by atoms with E-state index in [0.717, 1.165) is 11.3 Å². The Kier molecular flexibility index (Phi) is 3.23. The van der Waals surface area contributed by atoms with E-state index in [1.54, 1.807) is 24.4 Å². The second-order valence-electron chi connectivity index (χ2n) is 4.28. The van der Waals surface area contributed by atoms with Crippen LogP contribution in [0.2, 0.25) is 0 Å². The molecule has 0 saturated heterocycles. The maximum Gasteiger partial charge on any atom is 0.258 e. The first-order chi connectivity index (χ1) is 9.63. The van der Waals surface area contributed by atoms with Crippen molar-refractivity contribution in [2.45, 2.75) is 6.92 Å². The van der Waals surface area contributed by atoms with E-state index in [2.05, 4.69) is 31.1 Å². The largest absolute Gasteiger partial charge is 0.507 e. The fourth-order valence-corrected chi connectivity index (χ4v) is 1.95. The third kappa shape index (κ3) is 2.42. The van der Waals surface area contributed by atoms with Gasteiger partial charge in [0.1, 0.15) is 5.75 Å². The Balaban J connectivity index is 1.97. The van der Waals surface area contributed by atoms with Gasteiger partial charge in [-0.1, -0.05) is 5.16 Å². The van der Waals surface area contributed by atoms with Gasteiger partial charge in [0, 0.05) is 23.0 Å². The van der Waals surface area contributed by atoms with Gasteiger partial charge in [-0.3, -0.25) is 4.98 Å². The molecule has 20 heavy (non-hydrogen) atoms. The molecule has 0 amide bonds. The van der Waals surface area contributed by atoms with Crippen LogP contribution in [0.1, 0.15) is 5.69 Å². The number of aromatic hydroxyl groups is 1. The summed E-state index contributed by atoms with van der Waals surface area (Å²) in [7, 11) is 0. The Labute approximate surface area is 123 Å². The summed E-state index contributed by atoms with van der Waals surface area (Å²) >= 11 is 3.23. The third-order valence-corrected chi connectivity index (χ3v) is 3.46. The predicted octanol–water partition coefficient (Wildman–Crippen LogP) is 3.58. The summed E-state index contributed by atoms with van der Waals surface area (Å²) in [5, 5.41) is 13.6. The number of halogens is 1. The molecule has 5 nitrogen and oxygen atoms in total. The summed E-state index contributed by atoms with van der Waals surface area (Å²) in [6.07, 6.45) is 1.70. The van der Waals surface area contributed by atoms with Crippen molar-refractivity contribution in [2.75, 3.05) is 0 Å². The molecule has 0 spiro atoms. The summed E-state index contributed by atoms with van der Waals surface area (Å²) in [6, 6.07) is 8.85. The molecule has 0 atom stereocenters. The van der Waals surface area contributed by atoms with Crippen molar-refractivity contribution < 1.29 is 9.63 Å². The average molecular weight is 332 g/mol. The first kappa shape index (κ1) is 12.8. The summed E-state index contributed by atoms with van der Waals surface area (Å²) in [5.74, 6) is 0.942. The lowest BCUT2D eigenvalue weighted by Crippen LogP contribution is -1.85. The van der Waals surface area contributed by atoms with Crippen molar-refractivity contribution in [3.63, 3.8) is 0 Å². The smallest absolute Gasteiger partial charge is 0.258 e. The summed E-state index contributed by atoms with van der Waals surface area (Å²) in [5.41, 5.74) is 2.37. The summed E-state index contributed by atoms with van der Waals surface area (Å²) in [6.45, 7) is 1.91. The van der Waals surface area contributed by atoms with E-state index in [0.29, 0.717) is 21.8 Å². The molecule has 6 heteroatoms. The van der Waals surface area contributed by atoms with Gasteiger partial charge in [0.15, 0.2) is 0 Å². The minimum atomic E-state index is 0.124. The molecule has 0 saturated carbocycles. The standard InChI is InChI=1S/C14H10BrN3O2/c1-8-2-3-10(7-16-8)13-17-14(20-18-13)9-4-5-11(15)12(19)6-9/h2-7,19H,1H3. The maximum atomic E-state index is 9.67. The van der Waals surface area contributed by atoms with E-state index >= 15 is 0 Å². The van der Waals surface area contributed by atoms with Gasteiger partial charge < -0.3 is 9.63 Å². The van der Waals surface area contributed by atoms with Gasteiger partial charge in [-0.25, -0.2) is 0 Å². The lowest BCUT2D eigenvalue weighted by molar-refractivity contribution is 0.431. The van der Waals surface area contributed by atoms with Crippen LogP contribution in [0.4, 0.5) is 0 Å². The molecule has 2 aromatic heterocycles. The van der Waals surface area contributed by atoms with Crippen LogP contribution < -0.4 is 0 Å². The molecule has 1 aromatic carbocycles. The van der Waals surface area contributed by atoms with Crippen LogP contribution in [0.3, 0.4) is 0 Å². The van der Waals surface area contributed by atoms with Crippen molar-refractivity contribution >= 4 is 15.9 Å². The molecule has 2 heterocycles. The highest BCUT2D eigenvalue weighted by Gasteiger charge is 2.12. The monoisotopic (exact) mass is 331 g/mol. The highest BCUT2D eigenvalue weighted by molar-refractivity contribution is 9.10. The van der Waals surface area contributed by atoms with E-state index < -0.39 is 0 Å². The molecule has 3 aromatic rings. The lowest BCUT2D eigenvalue weighted by Gasteiger charge is -1.98. The zero-order valence-corrected chi connectivity index (χ0v) is 12.1. The Morgan fingerprint density at radius 3 is 2.65 bits per heavy atom. The predicted molar refractivity (Wildman–Crippen MR) is 77.1 cm³/mol. The Bertz CT molecular complexity index is 753. The molecule has 0 fully saturated rings. The van der Waals surface area contributed by atoms with E-state index in [1.165, 1.54) is 0 Å². The highest BCUT2D eigenvalue weighted by Crippen LogP contribution is 2.29. The van der Waals surface area contributed by atoms with Gasteiger partial charge in [-0.05, 0) is 53.2 Å². The van der Waals surface area contributed by atoms with Gasteiger partial charge in [0.05, 0.1) is 4.47 Å². The van der Waals surface area contributed by atoms with E-state index in [4.69, 9.17) is 4.52 Å². The molecule has 0 aliphatic carbocycles. The Morgan fingerprint density at radius 1 is 1.15 bits per heavy atom. The van der Waals surface area contributed by atoms with E-state index in [-0.39, 0.29) is 5.75 Å². The van der Waals surface area contributed by atoms with Crippen molar-refractivity contribution in [1.29, 1.82) is 0 Å². The number of benzene rings is 1. The number of phenols is 1. The van der Waals surface area contributed by atoms with Crippen LogP contribution in [0.25, 0.3) is 22.8 Å². The first-order valence-corrected chi connectivity index (χ1v) is 6.68. The average Bonchev–Trinajstić information content (AvgIpc) is 2.92. The van der Waals surface area contributed by atoms with E-state index in [1.807, 2.05) is 19.1 Å². The number of rotatable bonds is 2. The van der Waals surface area contributed by atoms with Crippen molar-refractivity contribution in [3.8, 4) is 28.6 Å². The molecule has 0 unspecified atom stereocenters. The molecule has 100 valence electrons. The molecule has 0 aliphatic rings. The third-order valence-electron chi connectivity index (χ3n) is 2.79. The van der Waals surface area contributed by atoms with E-state index in [9.17, 15) is 5.11 Å². The minimum absolute atomic E-state index is 0.124. The van der Waals surface area contributed by atoms with Crippen LogP contribution in [0, 0.1) is 6.92 Å². The minimum Gasteiger partial charge on any atom is -0.507 e. The Morgan fingerprint density at radius 2 is 1.95 bits per heavy atom. The number of pyridine rings is 1. The zero-order chi connectivity index (χ0) is 14.1. The normalized spacial score (nSPS) is 10.7. The number of nitrogens with zero attached hydrogens (tertiary/aromatic N) is 3. The van der Waals surface area contributed by atoms with Gasteiger partial charge in [-0.2, -0.15) is 4.98 Å². The first-order valence-electron chi connectivity index (χ1n) is 5.89. The molecular formula is C14H10BrN3O2. The van der Waals surface area contributed by atoms with Gasteiger partial charge >= 0.3 is 0 Å². The quantitative estimate of drug-likeness (QED) is 0.777. The zero-order valence-electron chi connectivity index (χ0n) is 10.5. The number of phenolic OH excluding ortho intramolecular Hbond substituents is 1. The number of aromatic nitrogens is 3. The number of aryl methyl sites for hydroxylation is 1. The van der Waals surface area contributed by atoms with Crippen LogP contribution in [0.15, 0.2) is 45.5 Å². The van der Waals surface area contributed by atoms with Gasteiger partial charge in [0.2, 0.25) is 5.82 Å². The topological polar surface area (TPSA) is 72.0 Å². The second kappa shape index (κ2) is 5.05. The second-order valence-corrected chi connectivity index (χ2v) is 5.13. The molecule has 1 N–H and O–H groups in total. The van der Waals surface area contributed by atoms with Crippen molar-refractivity contribution in [3.05, 3.63) is 46.7 Å². The van der Waals surface area contributed by atoms with Gasteiger partial charge in [0.25, 0.3) is 5.89 Å². The van der Waals surface area contributed by atoms with Gasteiger partial charge in [-0.15, -0.1) is 0 Å². The van der Waals surface area contributed by atoms with Crippen LogP contribution in [-0.2, 0) is 0 Å². The molecular weight excluding hydrogens is 322 g/mol. The van der Waals surface area contributed by atoms with Crippen LogP contribution in [0.5, 0.6) is 5.75 Å². The fourth-order valence-electron chi connectivity index (χ4n) is 1.70. The van der Waals surface area contributed by atoms with Crippen LogP contribution >= 0.6 is 15.9 Å². The van der Waals surface area contributed by atoms with Crippen LogP contribution in [-0.4, -0.2) is 20.2 Å². The van der Waals surface area contributed by atoms with Crippen molar-refractivity contribution in [2.24, 2.45) is 0 Å². The number of hydrogen-bond donors (Lipinski definition) is 1. The lowest BCUT2D eigenvalue weighted by atomic mass is 10.2. The highest BCUT2D eigenvalue weighted by atomic mass is 79.9. The fraction of sp³-hybridized carbons (Fsp3) is 0.0714. The molecule has 3 rings (SSSR count). The number of hydrogen-bond acceptors (Lipinski definition) is 5. The summed E-state index contributed by atoms with van der Waals surface area (Å²) < 4.78 is 5.83. The molecule has 0 bridgehead atoms. The molecule has 0 radical (unpaired) electrons. The maximum absolute atomic E-state index is 9.67.